The summed E-state index contributed by atoms with van der Waals surface area (Å²) in [6.45, 7) is 5.44. The van der Waals surface area contributed by atoms with E-state index in [0.717, 1.165) is 6.07 Å². The Morgan fingerprint density at radius 2 is 2.15 bits per heavy atom. The van der Waals surface area contributed by atoms with E-state index in [0.29, 0.717) is 11.3 Å². The first-order valence-corrected chi connectivity index (χ1v) is 6.46. The van der Waals surface area contributed by atoms with Crippen LogP contribution in [-0.2, 0) is 11.3 Å². The van der Waals surface area contributed by atoms with E-state index < -0.39 is 11.2 Å². The molecule has 0 saturated heterocycles. The van der Waals surface area contributed by atoms with Crippen LogP contribution in [0.3, 0.4) is 0 Å². The third-order valence-electron chi connectivity index (χ3n) is 2.53. The van der Waals surface area contributed by atoms with Crippen molar-refractivity contribution >= 4 is 17.5 Å². The van der Waals surface area contributed by atoms with Crippen molar-refractivity contribution < 1.29 is 13.9 Å². The molecule has 0 unspecified atom stereocenters. The number of terminal acetylenes is 1. The standard InChI is InChI=1S/C15H17ClFNO2/c1-5-6-20-13-7-10(12(17)8-11(13)16)9-18-14(19)15(2,3)4/h1,7-8H,6,9H2,2-4H3,(H,18,19). The molecule has 0 fully saturated rings. The minimum absolute atomic E-state index is 0.0408. The lowest BCUT2D eigenvalue weighted by molar-refractivity contribution is -0.128. The fraction of sp³-hybridized carbons (Fsp3) is 0.400. The fourth-order valence-electron chi connectivity index (χ4n) is 1.38. The number of hydrogen-bond acceptors (Lipinski definition) is 2. The number of halogens is 2. The molecule has 0 aromatic heterocycles. The number of ether oxygens (including phenoxy) is 1. The molecule has 0 atom stereocenters. The first-order valence-electron chi connectivity index (χ1n) is 6.08. The minimum atomic E-state index is -0.536. The van der Waals surface area contributed by atoms with Crippen molar-refractivity contribution in [2.24, 2.45) is 5.41 Å². The average Bonchev–Trinajstić information content (AvgIpc) is 2.35. The van der Waals surface area contributed by atoms with Gasteiger partial charge >= 0.3 is 0 Å². The van der Waals surface area contributed by atoms with Gasteiger partial charge in [-0.15, -0.1) is 6.42 Å². The lowest BCUT2D eigenvalue weighted by atomic mass is 9.95. The van der Waals surface area contributed by atoms with Crippen LogP contribution in [0, 0.1) is 23.6 Å². The zero-order valence-electron chi connectivity index (χ0n) is 11.7. The largest absolute Gasteiger partial charge is 0.479 e. The number of benzene rings is 1. The lowest BCUT2D eigenvalue weighted by Crippen LogP contribution is -2.34. The molecule has 0 aliphatic heterocycles. The molecule has 0 aliphatic carbocycles. The molecule has 1 rings (SSSR count). The van der Waals surface area contributed by atoms with Gasteiger partial charge < -0.3 is 10.1 Å². The van der Waals surface area contributed by atoms with E-state index in [9.17, 15) is 9.18 Å². The first-order chi connectivity index (χ1) is 9.25. The summed E-state index contributed by atoms with van der Waals surface area (Å²) < 4.78 is 19.0. The van der Waals surface area contributed by atoms with Gasteiger partial charge in [-0.1, -0.05) is 38.3 Å². The predicted molar refractivity (Wildman–Crippen MR) is 77.0 cm³/mol. The Hall–Kier alpha value is -1.73. The number of carbonyl (C=O) groups excluding carboxylic acids is 1. The maximum absolute atomic E-state index is 13.8. The smallest absolute Gasteiger partial charge is 0.225 e. The molecule has 5 heteroatoms. The second kappa shape index (κ2) is 6.62. The van der Waals surface area contributed by atoms with Crippen LogP contribution in [0.1, 0.15) is 26.3 Å². The number of nitrogens with one attached hydrogen (secondary N) is 1. The number of amides is 1. The van der Waals surface area contributed by atoms with Crippen LogP contribution >= 0.6 is 11.6 Å². The van der Waals surface area contributed by atoms with E-state index in [2.05, 4.69) is 11.2 Å². The van der Waals surface area contributed by atoms with Gasteiger partial charge in [0.2, 0.25) is 5.91 Å². The van der Waals surface area contributed by atoms with Crippen LogP contribution in [0.2, 0.25) is 5.02 Å². The molecule has 0 bridgehead atoms. The maximum atomic E-state index is 13.8. The van der Waals surface area contributed by atoms with E-state index in [1.807, 2.05) is 0 Å². The summed E-state index contributed by atoms with van der Waals surface area (Å²) in [5.74, 6) is 1.93. The van der Waals surface area contributed by atoms with Crippen molar-refractivity contribution in [1.29, 1.82) is 0 Å². The Morgan fingerprint density at radius 3 is 2.70 bits per heavy atom. The Labute approximate surface area is 123 Å². The maximum Gasteiger partial charge on any atom is 0.225 e. The molecular weight excluding hydrogens is 281 g/mol. The number of hydrogen-bond donors (Lipinski definition) is 1. The van der Waals surface area contributed by atoms with Gasteiger partial charge in [-0.05, 0) is 12.1 Å². The predicted octanol–water partition coefficient (Wildman–Crippen LogP) is 3.15. The normalized spacial score (nSPS) is 10.8. The summed E-state index contributed by atoms with van der Waals surface area (Å²) in [4.78, 5) is 11.8. The van der Waals surface area contributed by atoms with Crippen molar-refractivity contribution in [3.63, 3.8) is 0 Å². The zero-order chi connectivity index (χ0) is 15.3. The average molecular weight is 298 g/mol. The van der Waals surface area contributed by atoms with Gasteiger partial charge in [0, 0.05) is 17.5 Å². The first kappa shape index (κ1) is 16.3. The molecule has 20 heavy (non-hydrogen) atoms. The Morgan fingerprint density at radius 1 is 1.50 bits per heavy atom. The summed E-state index contributed by atoms with van der Waals surface area (Å²) in [6, 6.07) is 2.59. The highest BCUT2D eigenvalue weighted by molar-refractivity contribution is 6.32. The molecule has 1 aromatic carbocycles. The van der Waals surface area contributed by atoms with Crippen molar-refractivity contribution in [3.05, 3.63) is 28.5 Å². The van der Waals surface area contributed by atoms with Gasteiger partial charge in [-0.3, -0.25) is 4.79 Å². The van der Waals surface area contributed by atoms with Crippen LogP contribution < -0.4 is 10.1 Å². The summed E-state index contributed by atoms with van der Waals surface area (Å²) in [6.07, 6.45) is 5.09. The number of rotatable bonds is 4. The van der Waals surface area contributed by atoms with Gasteiger partial charge in [0.15, 0.2) is 0 Å². The van der Waals surface area contributed by atoms with E-state index in [1.165, 1.54) is 6.07 Å². The Kier molecular flexibility index (Phi) is 5.41. The van der Waals surface area contributed by atoms with E-state index in [1.54, 1.807) is 20.8 Å². The monoisotopic (exact) mass is 297 g/mol. The van der Waals surface area contributed by atoms with Crippen LogP contribution in [0.5, 0.6) is 5.75 Å². The van der Waals surface area contributed by atoms with Crippen molar-refractivity contribution in [1.82, 2.24) is 5.32 Å². The van der Waals surface area contributed by atoms with Crippen molar-refractivity contribution in [3.8, 4) is 18.1 Å². The van der Waals surface area contributed by atoms with E-state index >= 15 is 0 Å². The van der Waals surface area contributed by atoms with Gasteiger partial charge in [-0.2, -0.15) is 0 Å². The van der Waals surface area contributed by atoms with Gasteiger partial charge in [-0.25, -0.2) is 4.39 Å². The molecule has 1 N–H and O–H groups in total. The summed E-state index contributed by atoms with van der Waals surface area (Å²) in [5, 5.41) is 2.81. The highest BCUT2D eigenvalue weighted by atomic mass is 35.5. The third-order valence-corrected chi connectivity index (χ3v) is 2.83. The third kappa shape index (κ3) is 4.43. The summed E-state index contributed by atoms with van der Waals surface area (Å²) >= 11 is 5.85. The second-order valence-electron chi connectivity index (χ2n) is 5.30. The molecule has 1 aromatic rings. The fourth-order valence-corrected chi connectivity index (χ4v) is 1.58. The second-order valence-corrected chi connectivity index (χ2v) is 5.71. The lowest BCUT2D eigenvalue weighted by Gasteiger charge is -2.18. The number of carbonyl (C=O) groups is 1. The molecule has 3 nitrogen and oxygen atoms in total. The van der Waals surface area contributed by atoms with E-state index in [4.69, 9.17) is 22.8 Å². The van der Waals surface area contributed by atoms with Crippen molar-refractivity contribution in [2.45, 2.75) is 27.3 Å². The molecule has 1 amide bonds. The quantitative estimate of drug-likeness (QED) is 0.867. The highest BCUT2D eigenvalue weighted by Gasteiger charge is 2.21. The Balaban J connectivity index is 2.85. The van der Waals surface area contributed by atoms with Gasteiger partial charge in [0.25, 0.3) is 0 Å². The van der Waals surface area contributed by atoms with Crippen LogP contribution in [0.4, 0.5) is 4.39 Å². The summed E-state index contributed by atoms with van der Waals surface area (Å²) in [7, 11) is 0. The van der Waals surface area contributed by atoms with Crippen LogP contribution in [-0.4, -0.2) is 12.5 Å². The molecule has 0 aliphatic rings. The molecule has 0 saturated carbocycles. The van der Waals surface area contributed by atoms with Gasteiger partial charge in [0.05, 0.1) is 5.02 Å². The van der Waals surface area contributed by atoms with Crippen LogP contribution in [0.15, 0.2) is 12.1 Å². The molecular formula is C15H17ClFNO2. The van der Waals surface area contributed by atoms with Crippen LogP contribution in [0.25, 0.3) is 0 Å². The Bertz CT molecular complexity index is 544. The SMILES string of the molecule is C#CCOc1cc(CNC(=O)C(C)(C)C)c(F)cc1Cl. The minimum Gasteiger partial charge on any atom is -0.479 e. The molecule has 0 heterocycles. The zero-order valence-corrected chi connectivity index (χ0v) is 12.5. The summed E-state index contributed by atoms with van der Waals surface area (Å²) in [5.41, 5.74) is -0.245. The molecule has 0 radical (unpaired) electrons. The molecule has 108 valence electrons. The van der Waals surface area contributed by atoms with Gasteiger partial charge in [0.1, 0.15) is 18.2 Å². The van der Waals surface area contributed by atoms with E-state index in [-0.39, 0.29) is 24.1 Å². The van der Waals surface area contributed by atoms with Crippen molar-refractivity contribution in [2.75, 3.05) is 6.61 Å². The highest BCUT2D eigenvalue weighted by Crippen LogP contribution is 2.28. The molecule has 0 spiro atoms. The topological polar surface area (TPSA) is 38.3 Å².